The third kappa shape index (κ3) is 7.34. The largest absolute Gasteiger partial charge is 0.489 e. The summed E-state index contributed by atoms with van der Waals surface area (Å²) >= 11 is 18.0. The number of rotatable bonds is 7. The van der Waals surface area contributed by atoms with Crippen LogP contribution in [0.25, 0.3) is 0 Å². The predicted octanol–water partition coefficient (Wildman–Crippen LogP) is 4.09. The molecule has 7 nitrogen and oxygen atoms in total. The predicted molar refractivity (Wildman–Crippen MR) is 114 cm³/mol. The molecule has 2 rings (SSSR count). The molecule has 11 heteroatoms. The van der Waals surface area contributed by atoms with Crippen molar-refractivity contribution in [3.8, 4) is 5.75 Å². The van der Waals surface area contributed by atoms with E-state index < -0.39 is 0 Å². The Morgan fingerprint density at radius 2 is 1.92 bits per heavy atom. The van der Waals surface area contributed by atoms with Gasteiger partial charge in [-0.05, 0) is 19.1 Å². The number of hydrogen-bond donors (Lipinski definition) is 2. The van der Waals surface area contributed by atoms with Crippen LogP contribution < -0.4 is 15.4 Å². The van der Waals surface area contributed by atoms with Crippen molar-refractivity contribution in [2.24, 2.45) is 4.99 Å². The topological polar surface area (TPSA) is 84.6 Å². The van der Waals surface area contributed by atoms with Gasteiger partial charge in [-0.15, -0.1) is 24.0 Å². The van der Waals surface area contributed by atoms with Crippen LogP contribution in [0.5, 0.6) is 5.75 Å². The van der Waals surface area contributed by atoms with E-state index in [2.05, 4.69) is 25.8 Å². The first-order valence-corrected chi connectivity index (χ1v) is 8.71. The Morgan fingerprint density at radius 1 is 1.23 bits per heavy atom. The zero-order valence-corrected chi connectivity index (χ0v) is 18.8. The maximum Gasteiger partial charge on any atom is 0.223 e. The Morgan fingerprint density at radius 3 is 2.50 bits per heavy atom. The zero-order chi connectivity index (χ0) is 18.2. The normalized spacial score (nSPS) is 11.0. The molecule has 2 N–H and O–H groups in total. The van der Waals surface area contributed by atoms with Crippen LogP contribution in [0.4, 0.5) is 0 Å². The average Bonchev–Trinajstić information content (AvgIpc) is 2.96. The van der Waals surface area contributed by atoms with E-state index in [4.69, 9.17) is 44.1 Å². The second-order valence-corrected chi connectivity index (χ2v) is 6.15. The number of halogens is 4. The van der Waals surface area contributed by atoms with Crippen LogP contribution >= 0.6 is 58.8 Å². The van der Waals surface area contributed by atoms with Gasteiger partial charge in [0.25, 0.3) is 0 Å². The maximum absolute atomic E-state index is 6.07. The van der Waals surface area contributed by atoms with Gasteiger partial charge in [-0.3, -0.25) is 0 Å². The van der Waals surface area contributed by atoms with E-state index in [0.29, 0.717) is 64.7 Å². The summed E-state index contributed by atoms with van der Waals surface area (Å²) in [4.78, 5) is 8.47. The van der Waals surface area contributed by atoms with Crippen molar-refractivity contribution in [3.05, 3.63) is 38.9 Å². The summed E-state index contributed by atoms with van der Waals surface area (Å²) in [5.41, 5.74) is 0. The average molecular weight is 535 g/mol. The minimum atomic E-state index is 0. The molecule has 1 aromatic carbocycles. The maximum atomic E-state index is 6.07. The summed E-state index contributed by atoms with van der Waals surface area (Å²) in [5.74, 6) is 2.04. The Hall–Kier alpha value is -0.970. The molecule has 1 aromatic heterocycles. The number of nitrogens with one attached hydrogen (secondary N) is 2. The van der Waals surface area contributed by atoms with Crippen molar-refractivity contribution in [1.82, 2.24) is 20.8 Å². The van der Waals surface area contributed by atoms with Gasteiger partial charge in [-0.25, -0.2) is 4.99 Å². The van der Waals surface area contributed by atoms with Gasteiger partial charge in [-0.1, -0.05) is 40.0 Å². The molecular weight excluding hydrogens is 515 g/mol. The lowest BCUT2D eigenvalue weighted by molar-refractivity contribution is 0.322. The van der Waals surface area contributed by atoms with Gasteiger partial charge in [-0.2, -0.15) is 4.98 Å². The second kappa shape index (κ2) is 11.7. The molecule has 1 heterocycles. The molecule has 0 aliphatic rings. The zero-order valence-electron chi connectivity index (χ0n) is 14.2. The Balaban J connectivity index is 0.00000338. The van der Waals surface area contributed by atoms with Crippen LogP contribution in [0.2, 0.25) is 15.1 Å². The highest BCUT2D eigenvalue weighted by molar-refractivity contribution is 14.0. The van der Waals surface area contributed by atoms with E-state index >= 15 is 0 Å². The van der Waals surface area contributed by atoms with Crippen LogP contribution in [0.1, 0.15) is 18.6 Å². The summed E-state index contributed by atoms with van der Waals surface area (Å²) in [7, 11) is 0. The number of aromatic nitrogens is 2. The first-order valence-electron chi connectivity index (χ1n) is 7.58. The van der Waals surface area contributed by atoms with Gasteiger partial charge in [0, 0.05) is 18.5 Å². The molecule has 0 radical (unpaired) electrons. The first-order chi connectivity index (χ1) is 12.0. The van der Waals surface area contributed by atoms with E-state index in [0.717, 1.165) is 0 Å². The molecule has 0 aliphatic carbocycles. The van der Waals surface area contributed by atoms with Crippen molar-refractivity contribution < 1.29 is 9.26 Å². The number of nitrogens with zero attached hydrogens (tertiary/aromatic N) is 3. The fraction of sp³-hybridized carbons (Fsp3) is 0.400. The number of guanidine groups is 1. The quantitative estimate of drug-likeness (QED) is 0.241. The molecule has 2 aromatic rings. The monoisotopic (exact) mass is 533 g/mol. The van der Waals surface area contributed by atoms with Crippen LogP contribution in [0.15, 0.2) is 21.6 Å². The van der Waals surface area contributed by atoms with Gasteiger partial charge < -0.3 is 19.9 Å². The minimum absolute atomic E-state index is 0. The molecule has 0 saturated heterocycles. The number of benzene rings is 1. The van der Waals surface area contributed by atoms with Gasteiger partial charge in [0.1, 0.15) is 13.2 Å². The van der Waals surface area contributed by atoms with E-state index in [-0.39, 0.29) is 24.0 Å². The van der Waals surface area contributed by atoms with Gasteiger partial charge in [0.15, 0.2) is 17.5 Å². The third-order valence-corrected chi connectivity index (χ3v) is 3.68. The Kier molecular flexibility index (Phi) is 10.4. The van der Waals surface area contributed by atoms with E-state index in [9.17, 15) is 0 Å². The summed E-state index contributed by atoms with van der Waals surface area (Å²) in [6, 6.07) is 3.16. The molecule has 26 heavy (non-hydrogen) atoms. The third-order valence-electron chi connectivity index (χ3n) is 2.90. The second-order valence-electron chi connectivity index (χ2n) is 4.90. The molecule has 144 valence electrons. The lowest BCUT2D eigenvalue weighted by atomic mass is 10.3. The minimum Gasteiger partial charge on any atom is -0.489 e. The van der Waals surface area contributed by atoms with Gasteiger partial charge in [0.2, 0.25) is 5.89 Å². The number of hydrogen-bond acceptors (Lipinski definition) is 5. The van der Waals surface area contributed by atoms with Crippen LogP contribution in [0, 0.1) is 6.92 Å². The van der Waals surface area contributed by atoms with Crippen molar-refractivity contribution in [2.75, 3.05) is 19.7 Å². The van der Waals surface area contributed by atoms with E-state index in [1.807, 2.05) is 6.92 Å². The number of aliphatic imine (C=N–C) groups is 1. The lowest BCUT2D eigenvalue weighted by Gasteiger charge is -2.13. The van der Waals surface area contributed by atoms with Gasteiger partial charge in [0.05, 0.1) is 16.6 Å². The number of aryl methyl sites for hydroxylation is 1. The van der Waals surface area contributed by atoms with Gasteiger partial charge >= 0.3 is 0 Å². The molecule has 0 unspecified atom stereocenters. The molecule has 0 atom stereocenters. The van der Waals surface area contributed by atoms with Crippen molar-refractivity contribution >= 4 is 64.7 Å². The molecule has 0 amide bonds. The van der Waals surface area contributed by atoms with E-state index in [1.165, 1.54) is 0 Å². The molecular formula is C15H19Cl3IN5O2. The highest BCUT2D eigenvalue weighted by atomic mass is 127. The standard InChI is InChI=1S/C15H18Cl3N5O2.HI/c1-3-19-15(21-8-13-22-9(2)25-23-13)20-4-5-24-14-11(17)6-10(16)7-12(14)18;/h6-7H,3-5,8H2,1-2H3,(H2,19,20,21);1H. The fourth-order valence-corrected chi connectivity index (χ4v) is 2.81. The van der Waals surface area contributed by atoms with Crippen LogP contribution in [-0.4, -0.2) is 35.8 Å². The summed E-state index contributed by atoms with van der Waals surface area (Å²) < 4.78 is 10.5. The lowest BCUT2D eigenvalue weighted by Crippen LogP contribution is -2.39. The summed E-state index contributed by atoms with van der Waals surface area (Å²) in [6.45, 7) is 5.56. The van der Waals surface area contributed by atoms with Crippen molar-refractivity contribution in [1.29, 1.82) is 0 Å². The Bertz CT molecular complexity index is 719. The SMILES string of the molecule is CCNC(=NCc1noc(C)n1)NCCOc1c(Cl)cc(Cl)cc1Cl.I. The molecule has 0 fully saturated rings. The summed E-state index contributed by atoms with van der Waals surface area (Å²) in [6.07, 6.45) is 0. The fourth-order valence-electron chi connectivity index (χ4n) is 1.89. The highest BCUT2D eigenvalue weighted by Crippen LogP contribution is 2.35. The summed E-state index contributed by atoms with van der Waals surface area (Å²) in [5, 5.41) is 11.2. The molecule has 0 spiro atoms. The highest BCUT2D eigenvalue weighted by Gasteiger charge is 2.09. The number of ether oxygens (including phenoxy) is 1. The Labute approximate surface area is 183 Å². The van der Waals surface area contributed by atoms with Crippen molar-refractivity contribution in [2.45, 2.75) is 20.4 Å². The van der Waals surface area contributed by atoms with E-state index in [1.54, 1.807) is 19.1 Å². The first kappa shape index (κ1) is 23.1. The molecule has 0 bridgehead atoms. The van der Waals surface area contributed by atoms with Crippen molar-refractivity contribution in [3.63, 3.8) is 0 Å². The molecule has 0 saturated carbocycles. The van der Waals surface area contributed by atoms with Crippen LogP contribution in [0.3, 0.4) is 0 Å². The van der Waals surface area contributed by atoms with Crippen LogP contribution in [-0.2, 0) is 6.54 Å². The molecule has 0 aliphatic heterocycles. The smallest absolute Gasteiger partial charge is 0.223 e.